The monoisotopic (exact) mass is 569 g/mol. The number of hydrogen-bond donors (Lipinski definition) is 5. The Hall–Kier alpha value is -3.82. The fourth-order valence-corrected chi connectivity index (χ4v) is 4.93. The Bertz CT molecular complexity index is 1500. The summed E-state index contributed by atoms with van der Waals surface area (Å²) < 4.78 is 5.29. The van der Waals surface area contributed by atoms with Gasteiger partial charge >= 0.3 is 0 Å². The van der Waals surface area contributed by atoms with E-state index in [-0.39, 0.29) is 54.7 Å². The molecule has 1 heterocycles. The highest BCUT2D eigenvalue weighted by atomic mass is 35.5. The second kappa shape index (κ2) is 12.8. The summed E-state index contributed by atoms with van der Waals surface area (Å²) in [5, 5.41) is 20.0. The average molecular weight is 571 g/mol. The van der Waals surface area contributed by atoms with E-state index in [0.29, 0.717) is 11.4 Å². The number of amides is 1. The summed E-state index contributed by atoms with van der Waals surface area (Å²) in [6.07, 6.45) is 3.99. The summed E-state index contributed by atoms with van der Waals surface area (Å²) in [7, 11) is 1.63. The molecule has 0 bridgehead atoms. The normalized spacial score (nSPS) is 16.5. The Labute approximate surface area is 239 Å². The van der Waals surface area contributed by atoms with Crippen molar-refractivity contribution in [3.8, 4) is 5.75 Å². The second-order valence-corrected chi connectivity index (χ2v) is 9.50. The molecule has 1 aromatic heterocycles. The van der Waals surface area contributed by atoms with Crippen LogP contribution in [0.1, 0.15) is 41.6 Å². The average Bonchev–Trinajstić information content (AvgIpc) is 2.89. The van der Waals surface area contributed by atoms with Crippen molar-refractivity contribution < 1.29 is 9.53 Å². The van der Waals surface area contributed by atoms with Crippen LogP contribution >= 0.6 is 24.8 Å². The molecule has 9 nitrogen and oxygen atoms in total. The maximum atomic E-state index is 13.2. The predicted molar refractivity (Wildman–Crippen MR) is 162 cm³/mol. The van der Waals surface area contributed by atoms with E-state index >= 15 is 0 Å². The Balaban J connectivity index is 0.00000210. The molecule has 6 N–H and O–H groups in total. The number of fused-ring (bicyclic) bond motifs is 2. The number of guanidine groups is 1. The molecule has 1 aliphatic carbocycles. The van der Waals surface area contributed by atoms with Crippen LogP contribution in [0.4, 0.5) is 11.8 Å². The number of methoxy groups -OCH3 is 1. The van der Waals surface area contributed by atoms with Gasteiger partial charge in [0, 0.05) is 23.0 Å². The number of aryl methyl sites for hydroxylation is 1. The Morgan fingerprint density at radius 1 is 0.974 bits per heavy atom. The van der Waals surface area contributed by atoms with Crippen LogP contribution in [0.15, 0.2) is 54.6 Å². The molecule has 3 aromatic carbocycles. The number of carbonyl (C=O) groups excluding carboxylic acids is 1. The van der Waals surface area contributed by atoms with Gasteiger partial charge in [0.25, 0.3) is 5.91 Å². The molecule has 0 aliphatic heterocycles. The van der Waals surface area contributed by atoms with Gasteiger partial charge in [0.15, 0.2) is 5.96 Å². The van der Waals surface area contributed by atoms with Gasteiger partial charge in [0.05, 0.1) is 12.6 Å². The molecule has 0 spiro atoms. The second-order valence-electron chi connectivity index (χ2n) is 9.50. The first kappa shape index (κ1) is 29.7. The van der Waals surface area contributed by atoms with Crippen LogP contribution in [0.3, 0.4) is 0 Å². The molecule has 1 aliphatic rings. The first-order chi connectivity index (χ1) is 17.9. The van der Waals surface area contributed by atoms with Gasteiger partial charge in [0.1, 0.15) is 11.6 Å². The molecule has 0 unspecified atom stereocenters. The molecule has 11 heteroatoms. The number of anilines is 2. The standard InChI is InChI=1S/C28H31N7O2.2ClH/c1-16-7-12-22-21(13-16)25(31-23-5-3-4-6-24(23)32-27(29)30)34-28(33-22)35-26(36)19-9-8-18-15-20(37-2)11-10-17(18)14-19;;/h7-15,23-24H,3-6H2,1-2H3,(H4,29,30,32)(H2,31,33,34,35,36);2*1H/t23-,24+;;/m0../s1. The summed E-state index contributed by atoms with van der Waals surface area (Å²) in [5.41, 5.74) is 7.97. The van der Waals surface area contributed by atoms with Gasteiger partial charge in [-0.15, -0.1) is 24.8 Å². The lowest BCUT2D eigenvalue weighted by Crippen LogP contribution is -2.50. The fourth-order valence-electron chi connectivity index (χ4n) is 4.93. The van der Waals surface area contributed by atoms with Crippen molar-refractivity contribution in [2.24, 2.45) is 5.73 Å². The molecule has 0 radical (unpaired) electrons. The van der Waals surface area contributed by atoms with Crippen LogP contribution in [0.5, 0.6) is 5.75 Å². The van der Waals surface area contributed by atoms with Gasteiger partial charge in [0.2, 0.25) is 5.95 Å². The van der Waals surface area contributed by atoms with E-state index in [1.807, 2.05) is 55.5 Å². The highest BCUT2D eigenvalue weighted by molar-refractivity contribution is 6.06. The Morgan fingerprint density at radius 2 is 1.69 bits per heavy atom. The van der Waals surface area contributed by atoms with Crippen LogP contribution in [0.25, 0.3) is 21.7 Å². The zero-order valence-corrected chi connectivity index (χ0v) is 23.4. The van der Waals surface area contributed by atoms with Crippen LogP contribution < -0.4 is 26.4 Å². The summed E-state index contributed by atoms with van der Waals surface area (Å²) >= 11 is 0. The molecule has 1 saturated carbocycles. The molecule has 5 rings (SSSR count). The van der Waals surface area contributed by atoms with E-state index < -0.39 is 0 Å². The van der Waals surface area contributed by atoms with E-state index in [2.05, 4.69) is 20.9 Å². The third-order valence-corrected chi connectivity index (χ3v) is 6.82. The highest BCUT2D eigenvalue weighted by Gasteiger charge is 2.26. The lowest BCUT2D eigenvalue weighted by atomic mass is 9.90. The van der Waals surface area contributed by atoms with Crippen LogP contribution in [0.2, 0.25) is 0 Å². The van der Waals surface area contributed by atoms with Crippen molar-refractivity contribution in [3.05, 3.63) is 65.7 Å². The zero-order chi connectivity index (χ0) is 25.9. The number of halogens is 2. The lowest BCUT2D eigenvalue weighted by Gasteiger charge is -2.33. The van der Waals surface area contributed by atoms with Crippen molar-refractivity contribution >= 4 is 70.1 Å². The Kier molecular flexibility index (Phi) is 9.77. The van der Waals surface area contributed by atoms with Gasteiger partial charge in [-0.1, -0.05) is 36.6 Å². The number of carbonyl (C=O) groups is 1. The molecule has 206 valence electrons. The summed E-state index contributed by atoms with van der Waals surface area (Å²) in [5.74, 6) is 1.32. The first-order valence-corrected chi connectivity index (χ1v) is 12.4. The van der Waals surface area contributed by atoms with Crippen LogP contribution in [-0.2, 0) is 0 Å². The number of nitrogens with two attached hydrogens (primary N) is 1. The minimum atomic E-state index is -0.288. The minimum absolute atomic E-state index is 0. The van der Waals surface area contributed by atoms with Crippen LogP contribution in [-0.4, -0.2) is 41.0 Å². The predicted octanol–water partition coefficient (Wildman–Crippen LogP) is 5.40. The smallest absolute Gasteiger partial charge is 0.258 e. The van der Waals surface area contributed by atoms with Gasteiger partial charge in [-0.25, -0.2) is 4.98 Å². The fraction of sp³-hybridized carbons (Fsp3) is 0.286. The maximum absolute atomic E-state index is 13.2. The molecule has 1 fully saturated rings. The van der Waals surface area contributed by atoms with E-state index in [9.17, 15) is 4.79 Å². The quantitative estimate of drug-likeness (QED) is 0.155. The lowest BCUT2D eigenvalue weighted by molar-refractivity contribution is 0.102. The SMILES string of the molecule is COc1ccc2cc(C(=O)Nc3nc(N[C@H]4CCCC[C@H]4NC(=N)N)c4cc(C)ccc4n3)ccc2c1.Cl.Cl. The number of nitrogens with zero attached hydrogens (tertiary/aromatic N) is 2. The third-order valence-electron chi connectivity index (χ3n) is 6.82. The van der Waals surface area contributed by atoms with E-state index in [1.165, 1.54) is 0 Å². The molecule has 1 amide bonds. The molecule has 4 aromatic rings. The minimum Gasteiger partial charge on any atom is -0.497 e. The number of hydrogen-bond acceptors (Lipinski definition) is 6. The number of nitrogens with one attached hydrogen (secondary N) is 4. The van der Waals surface area contributed by atoms with Crippen molar-refractivity contribution in [2.45, 2.75) is 44.7 Å². The molecular formula is C28H33Cl2N7O2. The topological polar surface area (TPSA) is 138 Å². The van der Waals surface area contributed by atoms with Crippen molar-refractivity contribution in [2.75, 3.05) is 17.7 Å². The summed E-state index contributed by atoms with van der Waals surface area (Å²) in [6.45, 7) is 2.02. The van der Waals surface area contributed by atoms with Gasteiger partial charge in [-0.3, -0.25) is 15.5 Å². The van der Waals surface area contributed by atoms with Gasteiger partial charge in [-0.05, 0) is 66.9 Å². The number of aromatic nitrogens is 2. The number of rotatable bonds is 6. The molecule has 0 saturated heterocycles. The van der Waals surface area contributed by atoms with E-state index in [1.54, 1.807) is 13.2 Å². The van der Waals surface area contributed by atoms with Crippen LogP contribution in [0, 0.1) is 12.3 Å². The van der Waals surface area contributed by atoms with Gasteiger partial charge in [-0.2, -0.15) is 4.98 Å². The third kappa shape index (κ3) is 6.79. The van der Waals surface area contributed by atoms with E-state index in [0.717, 1.165) is 58.7 Å². The number of benzene rings is 3. The summed E-state index contributed by atoms with van der Waals surface area (Å²) in [6, 6.07) is 17.3. The maximum Gasteiger partial charge on any atom is 0.258 e. The molecule has 2 atom stereocenters. The highest BCUT2D eigenvalue weighted by Crippen LogP contribution is 2.28. The van der Waals surface area contributed by atoms with Crippen molar-refractivity contribution in [1.82, 2.24) is 15.3 Å². The number of ether oxygens (including phenoxy) is 1. The zero-order valence-electron chi connectivity index (χ0n) is 21.8. The Morgan fingerprint density at radius 3 is 2.44 bits per heavy atom. The van der Waals surface area contributed by atoms with Crippen molar-refractivity contribution in [1.29, 1.82) is 5.41 Å². The molecular weight excluding hydrogens is 537 g/mol. The summed E-state index contributed by atoms with van der Waals surface area (Å²) in [4.78, 5) is 22.5. The van der Waals surface area contributed by atoms with Gasteiger partial charge < -0.3 is 21.1 Å². The molecule has 39 heavy (non-hydrogen) atoms. The van der Waals surface area contributed by atoms with Crippen molar-refractivity contribution in [3.63, 3.8) is 0 Å². The van der Waals surface area contributed by atoms with E-state index in [4.69, 9.17) is 20.9 Å². The largest absolute Gasteiger partial charge is 0.497 e. The first-order valence-electron chi connectivity index (χ1n) is 12.4.